The van der Waals surface area contributed by atoms with Crippen LogP contribution >= 0.6 is 0 Å². The first-order chi connectivity index (χ1) is 9.99. The molecule has 0 unspecified atom stereocenters. The summed E-state index contributed by atoms with van der Waals surface area (Å²) < 4.78 is 34.1. The van der Waals surface area contributed by atoms with Gasteiger partial charge in [-0.1, -0.05) is 31.5 Å². The van der Waals surface area contributed by atoms with Crippen LogP contribution in [0.15, 0.2) is 29.2 Å². The van der Waals surface area contributed by atoms with Gasteiger partial charge in [0.05, 0.1) is 24.7 Å². The van der Waals surface area contributed by atoms with Crippen LogP contribution in [0.4, 0.5) is 0 Å². The summed E-state index contributed by atoms with van der Waals surface area (Å²) in [4.78, 5) is 2.42. The van der Waals surface area contributed by atoms with Gasteiger partial charge in [-0.25, -0.2) is 0 Å². The first-order valence-electron chi connectivity index (χ1n) is 7.25. The lowest BCUT2D eigenvalue weighted by Gasteiger charge is -2.17. The van der Waals surface area contributed by atoms with Crippen molar-refractivity contribution >= 4 is 10.1 Å². The summed E-state index contributed by atoms with van der Waals surface area (Å²) in [5.41, 5.74) is 1.01. The molecule has 120 valence electrons. The van der Waals surface area contributed by atoms with Gasteiger partial charge in [-0.3, -0.25) is 4.18 Å². The van der Waals surface area contributed by atoms with Crippen LogP contribution in [0.25, 0.3) is 0 Å². The van der Waals surface area contributed by atoms with Gasteiger partial charge in [0.2, 0.25) is 0 Å². The van der Waals surface area contributed by atoms with Gasteiger partial charge in [-0.05, 0) is 32.1 Å². The van der Waals surface area contributed by atoms with Crippen molar-refractivity contribution in [2.45, 2.75) is 25.7 Å². The van der Waals surface area contributed by atoms with Crippen molar-refractivity contribution in [1.82, 2.24) is 4.90 Å². The highest BCUT2D eigenvalue weighted by Crippen LogP contribution is 2.12. The molecule has 1 aromatic carbocycles. The molecule has 0 spiro atoms. The number of hydrogen-bond donors (Lipinski definition) is 0. The Hall–Kier alpha value is -0.950. The van der Waals surface area contributed by atoms with Crippen molar-refractivity contribution in [2.75, 3.05) is 39.5 Å². The van der Waals surface area contributed by atoms with E-state index in [0.717, 1.165) is 25.2 Å². The maximum absolute atomic E-state index is 11.9. The summed E-state index contributed by atoms with van der Waals surface area (Å²) >= 11 is 0. The molecule has 0 heterocycles. The Kier molecular flexibility index (Phi) is 7.88. The van der Waals surface area contributed by atoms with Crippen LogP contribution in [0.1, 0.15) is 19.4 Å². The average Bonchev–Trinajstić information content (AvgIpc) is 2.47. The molecule has 0 aliphatic heterocycles. The molecule has 0 amide bonds. The SMILES string of the molecule is CCN(CC)CCOCCOS(=O)(=O)c1ccc(C)cc1. The summed E-state index contributed by atoms with van der Waals surface area (Å²) in [7, 11) is -3.68. The number of nitrogens with zero attached hydrogens (tertiary/aromatic N) is 1. The second kappa shape index (κ2) is 9.15. The van der Waals surface area contributed by atoms with Gasteiger partial charge in [-0.15, -0.1) is 0 Å². The summed E-state index contributed by atoms with van der Waals surface area (Å²) in [6.07, 6.45) is 0. The Labute approximate surface area is 128 Å². The second-order valence-electron chi connectivity index (χ2n) is 4.73. The molecule has 0 fully saturated rings. The lowest BCUT2D eigenvalue weighted by Crippen LogP contribution is -2.27. The quantitative estimate of drug-likeness (QED) is 0.489. The number of benzene rings is 1. The first kappa shape index (κ1) is 18.1. The van der Waals surface area contributed by atoms with Crippen LogP contribution in [0.5, 0.6) is 0 Å². The molecular formula is C15H25NO4S. The highest BCUT2D eigenvalue weighted by Gasteiger charge is 2.14. The highest BCUT2D eigenvalue weighted by molar-refractivity contribution is 7.86. The van der Waals surface area contributed by atoms with Crippen LogP contribution in [0, 0.1) is 6.92 Å². The third-order valence-corrected chi connectivity index (χ3v) is 4.55. The van der Waals surface area contributed by atoms with E-state index >= 15 is 0 Å². The van der Waals surface area contributed by atoms with Crippen molar-refractivity contribution in [2.24, 2.45) is 0 Å². The molecule has 0 aliphatic rings. The van der Waals surface area contributed by atoms with Crippen molar-refractivity contribution < 1.29 is 17.3 Å². The predicted molar refractivity (Wildman–Crippen MR) is 82.9 cm³/mol. The Balaban J connectivity index is 2.27. The number of hydrogen-bond acceptors (Lipinski definition) is 5. The van der Waals surface area contributed by atoms with Crippen LogP contribution in [0.3, 0.4) is 0 Å². The number of ether oxygens (including phenoxy) is 1. The minimum Gasteiger partial charge on any atom is -0.378 e. The molecule has 6 heteroatoms. The zero-order valence-corrected chi connectivity index (χ0v) is 13.9. The Morgan fingerprint density at radius 1 is 1.00 bits per heavy atom. The van der Waals surface area contributed by atoms with Crippen LogP contribution in [-0.4, -0.2) is 52.8 Å². The van der Waals surface area contributed by atoms with Gasteiger partial charge in [0.25, 0.3) is 10.1 Å². The largest absolute Gasteiger partial charge is 0.378 e. The zero-order valence-electron chi connectivity index (χ0n) is 13.0. The molecule has 0 atom stereocenters. The monoisotopic (exact) mass is 315 g/mol. The highest BCUT2D eigenvalue weighted by atomic mass is 32.2. The normalized spacial score (nSPS) is 12.0. The van der Waals surface area contributed by atoms with Crippen LogP contribution < -0.4 is 0 Å². The van der Waals surface area contributed by atoms with E-state index in [9.17, 15) is 8.42 Å². The Morgan fingerprint density at radius 2 is 1.62 bits per heavy atom. The van der Waals surface area contributed by atoms with Crippen LogP contribution in [-0.2, 0) is 19.0 Å². The van der Waals surface area contributed by atoms with Gasteiger partial charge in [0, 0.05) is 6.54 Å². The molecule has 0 aliphatic carbocycles. The van der Waals surface area contributed by atoms with E-state index in [-0.39, 0.29) is 18.1 Å². The fourth-order valence-electron chi connectivity index (χ4n) is 1.81. The fourth-order valence-corrected chi connectivity index (χ4v) is 2.70. The smallest absolute Gasteiger partial charge is 0.297 e. The Bertz CT molecular complexity index is 495. The van der Waals surface area contributed by atoms with E-state index in [1.54, 1.807) is 24.3 Å². The van der Waals surface area contributed by atoms with Crippen molar-refractivity contribution in [3.8, 4) is 0 Å². The average molecular weight is 315 g/mol. The lowest BCUT2D eigenvalue weighted by atomic mass is 10.2. The van der Waals surface area contributed by atoms with Gasteiger partial charge >= 0.3 is 0 Å². The van der Waals surface area contributed by atoms with Crippen molar-refractivity contribution in [1.29, 1.82) is 0 Å². The molecule has 0 aromatic heterocycles. The van der Waals surface area contributed by atoms with Crippen molar-refractivity contribution in [3.63, 3.8) is 0 Å². The second-order valence-corrected chi connectivity index (χ2v) is 6.34. The Morgan fingerprint density at radius 3 is 2.19 bits per heavy atom. The number of rotatable bonds is 10. The zero-order chi connectivity index (χ0) is 15.7. The molecule has 0 bridgehead atoms. The third kappa shape index (κ3) is 6.56. The molecule has 0 radical (unpaired) electrons. The standard InChI is InChI=1S/C15H25NO4S/c1-4-16(5-2)10-11-19-12-13-20-21(17,18)15-8-6-14(3)7-9-15/h6-9H,4-5,10-13H2,1-3H3. The fraction of sp³-hybridized carbons (Fsp3) is 0.600. The summed E-state index contributed by atoms with van der Waals surface area (Å²) in [5, 5.41) is 0. The summed E-state index contributed by atoms with van der Waals surface area (Å²) in [6.45, 7) is 9.80. The molecule has 21 heavy (non-hydrogen) atoms. The summed E-state index contributed by atoms with van der Waals surface area (Å²) in [6, 6.07) is 6.59. The molecule has 0 saturated carbocycles. The van der Waals surface area contributed by atoms with Gasteiger partial charge in [-0.2, -0.15) is 8.42 Å². The van der Waals surface area contributed by atoms with Gasteiger partial charge in [0.1, 0.15) is 0 Å². The van der Waals surface area contributed by atoms with E-state index < -0.39 is 10.1 Å². The minimum absolute atomic E-state index is 0.0362. The maximum atomic E-state index is 11.9. The number of aryl methyl sites for hydroxylation is 1. The topological polar surface area (TPSA) is 55.8 Å². The molecule has 0 N–H and O–H groups in total. The van der Waals surface area contributed by atoms with Crippen molar-refractivity contribution in [3.05, 3.63) is 29.8 Å². The van der Waals surface area contributed by atoms with E-state index in [0.29, 0.717) is 6.61 Å². The molecule has 5 nitrogen and oxygen atoms in total. The van der Waals surface area contributed by atoms with E-state index in [4.69, 9.17) is 8.92 Å². The molecule has 1 aromatic rings. The van der Waals surface area contributed by atoms with Gasteiger partial charge in [0.15, 0.2) is 0 Å². The van der Waals surface area contributed by atoms with Crippen LogP contribution in [0.2, 0.25) is 0 Å². The molecule has 0 saturated heterocycles. The first-order valence-corrected chi connectivity index (χ1v) is 8.66. The minimum atomic E-state index is -3.68. The van der Waals surface area contributed by atoms with E-state index in [1.807, 2.05) is 6.92 Å². The third-order valence-electron chi connectivity index (χ3n) is 3.22. The predicted octanol–water partition coefficient (Wildman–Crippen LogP) is 2.06. The van der Waals surface area contributed by atoms with Gasteiger partial charge < -0.3 is 9.64 Å². The molecule has 1 rings (SSSR count). The molecular weight excluding hydrogens is 290 g/mol. The lowest BCUT2D eigenvalue weighted by molar-refractivity contribution is 0.0834. The van der Waals surface area contributed by atoms with E-state index in [2.05, 4.69) is 18.7 Å². The van der Waals surface area contributed by atoms with E-state index in [1.165, 1.54) is 0 Å². The maximum Gasteiger partial charge on any atom is 0.297 e. The number of likely N-dealkylation sites (N-methyl/N-ethyl adjacent to an activating group) is 1. The summed E-state index contributed by atoms with van der Waals surface area (Å²) in [5.74, 6) is 0.